The Bertz CT molecular complexity index is 575. The molecule has 1 fully saturated rings. The van der Waals surface area contributed by atoms with Crippen LogP contribution < -0.4 is 0 Å². The van der Waals surface area contributed by atoms with E-state index in [4.69, 9.17) is 4.74 Å². The van der Waals surface area contributed by atoms with Crippen LogP contribution in [0.2, 0.25) is 0 Å². The van der Waals surface area contributed by atoms with Crippen molar-refractivity contribution in [1.29, 1.82) is 0 Å². The van der Waals surface area contributed by atoms with E-state index in [1.54, 1.807) is 0 Å². The number of methoxy groups -OCH3 is 1. The standard InChI is InChI=1S/C24H38O4S/c1-3-10-23(26)28-21-17-16-20(14-9-13-19-11-6-7-12-19)24(21)29-18-8-4-5-15-22(25)27-2/h9,14,19-20H,3-8,10-13,15-18H2,1-2H3/b14-9+. The Labute approximate surface area is 180 Å². The first-order valence-electron chi connectivity index (χ1n) is 11.4. The van der Waals surface area contributed by atoms with Gasteiger partial charge in [0.15, 0.2) is 0 Å². The molecular formula is C24H38O4S. The minimum atomic E-state index is -0.131. The molecule has 164 valence electrons. The summed E-state index contributed by atoms with van der Waals surface area (Å²) in [5.41, 5.74) is 0. The van der Waals surface area contributed by atoms with Crippen molar-refractivity contribution < 1.29 is 19.1 Å². The lowest BCUT2D eigenvalue weighted by Gasteiger charge is -2.13. The van der Waals surface area contributed by atoms with Crippen LogP contribution in [0.3, 0.4) is 0 Å². The molecule has 0 amide bonds. The van der Waals surface area contributed by atoms with E-state index < -0.39 is 0 Å². The second-order valence-corrected chi connectivity index (χ2v) is 9.34. The summed E-state index contributed by atoms with van der Waals surface area (Å²) in [4.78, 5) is 24.5. The van der Waals surface area contributed by atoms with Crippen LogP contribution in [0.4, 0.5) is 0 Å². The van der Waals surface area contributed by atoms with Gasteiger partial charge in [-0.2, -0.15) is 0 Å². The fourth-order valence-corrected chi connectivity index (χ4v) is 5.41. The van der Waals surface area contributed by atoms with Crippen LogP contribution in [0.25, 0.3) is 0 Å². The maximum absolute atomic E-state index is 12.0. The van der Waals surface area contributed by atoms with E-state index in [-0.39, 0.29) is 11.9 Å². The van der Waals surface area contributed by atoms with Crippen molar-refractivity contribution in [2.24, 2.45) is 11.8 Å². The maximum atomic E-state index is 12.0. The van der Waals surface area contributed by atoms with Crippen molar-refractivity contribution in [2.45, 2.75) is 90.4 Å². The molecule has 29 heavy (non-hydrogen) atoms. The molecule has 5 heteroatoms. The van der Waals surface area contributed by atoms with E-state index >= 15 is 0 Å². The maximum Gasteiger partial charge on any atom is 0.310 e. The van der Waals surface area contributed by atoms with E-state index in [1.165, 1.54) is 44.1 Å². The lowest BCUT2D eigenvalue weighted by atomic mass is 10.0. The van der Waals surface area contributed by atoms with Crippen LogP contribution in [0.5, 0.6) is 0 Å². The van der Waals surface area contributed by atoms with Crippen LogP contribution in [0.1, 0.15) is 90.4 Å². The lowest BCUT2D eigenvalue weighted by molar-refractivity contribution is -0.141. The minimum Gasteiger partial charge on any atom is -0.469 e. The summed E-state index contributed by atoms with van der Waals surface area (Å²) in [6, 6.07) is 0. The highest BCUT2D eigenvalue weighted by Crippen LogP contribution is 2.41. The number of ether oxygens (including phenoxy) is 2. The van der Waals surface area contributed by atoms with Crippen LogP contribution in [-0.2, 0) is 19.1 Å². The number of thioether (sulfide) groups is 1. The molecule has 1 unspecified atom stereocenters. The smallest absolute Gasteiger partial charge is 0.310 e. The number of carbonyl (C=O) groups is 2. The average molecular weight is 423 g/mol. The second kappa shape index (κ2) is 13.9. The molecule has 1 saturated carbocycles. The SMILES string of the molecule is CCCC(=O)OC1=C(SCCCCCC(=O)OC)C(/C=C/CC2CCCC2)CC1. The van der Waals surface area contributed by atoms with Gasteiger partial charge >= 0.3 is 11.9 Å². The Morgan fingerprint density at radius 3 is 2.59 bits per heavy atom. The van der Waals surface area contributed by atoms with Gasteiger partial charge in [0.1, 0.15) is 5.76 Å². The quantitative estimate of drug-likeness (QED) is 0.191. The molecule has 2 aliphatic carbocycles. The number of unbranched alkanes of at least 4 members (excludes halogenated alkanes) is 2. The Kier molecular flexibility index (Phi) is 11.5. The van der Waals surface area contributed by atoms with Crippen molar-refractivity contribution in [3.63, 3.8) is 0 Å². The molecule has 4 nitrogen and oxygen atoms in total. The second-order valence-electron chi connectivity index (χ2n) is 8.21. The first-order chi connectivity index (χ1) is 14.1. The molecule has 0 radical (unpaired) electrons. The predicted molar refractivity (Wildman–Crippen MR) is 119 cm³/mol. The van der Waals surface area contributed by atoms with Gasteiger partial charge in [0.2, 0.25) is 0 Å². The normalized spacial score (nSPS) is 20.0. The third kappa shape index (κ3) is 8.98. The Morgan fingerprint density at radius 2 is 1.86 bits per heavy atom. The molecule has 0 N–H and O–H groups in total. The molecule has 0 spiro atoms. The molecule has 1 atom stereocenters. The van der Waals surface area contributed by atoms with Gasteiger partial charge in [-0.15, -0.1) is 11.8 Å². The zero-order valence-corrected chi connectivity index (χ0v) is 19.1. The van der Waals surface area contributed by atoms with E-state index in [0.29, 0.717) is 18.8 Å². The fraction of sp³-hybridized carbons (Fsp3) is 0.750. The van der Waals surface area contributed by atoms with Gasteiger partial charge in [-0.1, -0.05) is 51.2 Å². The monoisotopic (exact) mass is 422 g/mol. The van der Waals surface area contributed by atoms with E-state index in [0.717, 1.165) is 56.0 Å². The average Bonchev–Trinajstić information content (AvgIpc) is 3.35. The molecule has 0 saturated heterocycles. The number of rotatable bonds is 13. The lowest BCUT2D eigenvalue weighted by Crippen LogP contribution is -2.04. The van der Waals surface area contributed by atoms with Gasteiger partial charge in [0, 0.05) is 30.1 Å². The molecule has 0 aliphatic heterocycles. The molecular weight excluding hydrogens is 384 g/mol. The van der Waals surface area contributed by atoms with Crippen LogP contribution in [0.15, 0.2) is 22.8 Å². The van der Waals surface area contributed by atoms with Crippen molar-refractivity contribution >= 4 is 23.7 Å². The molecule has 0 aromatic carbocycles. The third-order valence-corrected chi connectivity index (χ3v) is 7.14. The molecule has 0 heterocycles. The molecule has 0 aromatic heterocycles. The van der Waals surface area contributed by atoms with Gasteiger partial charge in [-0.05, 0) is 43.8 Å². The summed E-state index contributed by atoms with van der Waals surface area (Å²) in [6.45, 7) is 2.00. The summed E-state index contributed by atoms with van der Waals surface area (Å²) in [5, 5.41) is 0. The van der Waals surface area contributed by atoms with Crippen molar-refractivity contribution in [3.05, 3.63) is 22.8 Å². The number of esters is 2. The van der Waals surface area contributed by atoms with Crippen LogP contribution >= 0.6 is 11.8 Å². The Hall–Kier alpha value is -1.23. The summed E-state index contributed by atoms with van der Waals surface area (Å²) < 4.78 is 10.4. The molecule has 2 aliphatic rings. The van der Waals surface area contributed by atoms with Gasteiger partial charge in [-0.25, -0.2) is 0 Å². The van der Waals surface area contributed by atoms with Crippen molar-refractivity contribution in [3.8, 4) is 0 Å². The number of hydrogen-bond acceptors (Lipinski definition) is 5. The molecule has 0 aromatic rings. The van der Waals surface area contributed by atoms with Crippen molar-refractivity contribution in [1.82, 2.24) is 0 Å². The summed E-state index contributed by atoms with van der Waals surface area (Å²) in [7, 11) is 1.44. The Balaban J connectivity index is 1.85. The first kappa shape index (κ1) is 24.0. The topological polar surface area (TPSA) is 52.6 Å². The fourth-order valence-electron chi connectivity index (χ4n) is 4.13. The number of hydrogen-bond donors (Lipinski definition) is 0. The summed E-state index contributed by atoms with van der Waals surface area (Å²) in [5.74, 6) is 2.92. The van der Waals surface area contributed by atoms with Gasteiger partial charge in [0.25, 0.3) is 0 Å². The van der Waals surface area contributed by atoms with E-state index in [9.17, 15) is 9.59 Å². The van der Waals surface area contributed by atoms with Crippen LogP contribution in [0, 0.1) is 11.8 Å². The van der Waals surface area contributed by atoms with Gasteiger partial charge in [0.05, 0.1) is 7.11 Å². The summed E-state index contributed by atoms with van der Waals surface area (Å²) >= 11 is 1.84. The number of carbonyl (C=O) groups excluding carboxylic acids is 2. The first-order valence-corrected chi connectivity index (χ1v) is 12.4. The van der Waals surface area contributed by atoms with Crippen LogP contribution in [-0.4, -0.2) is 24.8 Å². The third-order valence-electron chi connectivity index (χ3n) is 5.81. The zero-order valence-electron chi connectivity index (χ0n) is 18.3. The summed E-state index contributed by atoms with van der Waals surface area (Å²) in [6.07, 6.45) is 18.1. The highest BCUT2D eigenvalue weighted by molar-refractivity contribution is 8.03. The minimum absolute atomic E-state index is 0.103. The molecule has 0 bridgehead atoms. The van der Waals surface area contributed by atoms with E-state index in [1.807, 2.05) is 18.7 Å². The molecule has 2 rings (SSSR count). The Morgan fingerprint density at radius 1 is 1.07 bits per heavy atom. The zero-order chi connectivity index (χ0) is 20.9. The highest BCUT2D eigenvalue weighted by Gasteiger charge is 2.27. The van der Waals surface area contributed by atoms with Gasteiger partial charge < -0.3 is 9.47 Å². The highest BCUT2D eigenvalue weighted by atomic mass is 32.2. The largest absolute Gasteiger partial charge is 0.469 e. The predicted octanol–water partition coefficient (Wildman–Crippen LogP) is 6.55. The van der Waals surface area contributed by atoms with Crippen molar-refractivity contribution in [2.75, 3.05) is 12.9 Å². The number of allylic oxidation sites excluding steroid dienone is 4. The van der Waals surface area contributed by atoms with Gasteiger partial charge in [-0.3, -0.25) is 9.59 Å². The van der Waals surface area contributed by atoms with E-state index in [2.05, 4.69) is 16.9 Å².